The number of hydrogen-bond donors (Lipinski definition) is 1. The molecule has 1 aliphatic carbocycles. The van der Waals surface area contributed by atoms with Crippen LogP contribution in [0.2, 0.25) is 20.1 Å². The molecule has 0 spiro atoms. The maximum atomic E-state index is 14.7. The van der Waals surface area contributed by atoms with Crippen molar-refractivity contribution in [2.75, 3.05) is 10.8 Å². The Balaban J connectivity index is 1.61. The van der Waals surface area contributed by atoms with Gasteiger partial charge in [0.15, 0.2) is 0 Å². The number of hydrogen-bond acceptors (Lipinski definition) is 4. The van der Waals surface area contributed by atoms with Gasteiger partial charge in [-0.15, -0.1) is 0 Å². The van der Waals surface area contributed by atoms with Gasteiger partial charge in [0.25, 0.3) is 10.0 Å². The predicted molar refractivity (Wildman–Crippen MR) is 189 cm³/mol. The van der Waals surface area contributed by atoms with E-state index in [0.717, 1.165) is 35.6 Å². The van der Waals surface area contributed by atoms with Gasteiger partial charge in [0.1, 0.15) is 12.6 Å². The van der Waals surface area contributed by atoms with Crippen molar-refractivity contribution in [2.45, 2.75) is 55.6 Å². The molecule has 0 aliphatic heterocycles. The van der Waals surface area contributed by atoms with Crippen molar-refractivity contribution in [3.05, 3.63) is 128 Å². The maximum absolute atomic E-state index is 14.7. The molecule has 1 unspecified atom stereocenters. The number of nitrogens with one attached hydrogen (secondary N) is 1. The quantitative estimate of drug-likeness (QED) is 0.159. The first-order valence-electron chi connectivity index (χ1n) is 15.1. The third kappa shape index (κ3) is 8.80. The molecule has 5 rings (SSSR count). The lowest BCUT2D eigenvalue weighted by molar-refractivity contribution is -0.140. The average molecular weight is 734 g/mol. The van der Waals surface area contributed by atoms with E-state index in [1.807, 2.05) is 30.3 Å². The van der Waals surface area contributed by atoms with Crippen LogP contribution in [0.25, 0.3) is 0 Å². The zero-order valence-electron chi connectivity index (χ0n) is 25.3. The van der Waals surface area contributed by atoms with Gasteiger partial charge in [-0.25, -0.2) is 8.42 Å². The molecule has 4 aromatic carbocycles. The molecule has 2 amide bonds. The molecule has 1 N–H and O–H groups in total. The summed E-state index contributed by atoms with van der Waals surface area (Å²) in [5.41, 5.74) is 1.34. The molecule has 0 bridgehead atoms. The van der Waals surface area contributed by atoms with Crippen LogP contribution in [-0.4, -0.2) is 43.8 Å². The second kappa shape index (κ2) is 15.8. The van der Waals surface area contributed by atoms with E-state index in [4.69, 9.17) is 46.4 Å². The fourth-order valence-corrected chi connectivity index (χ4v) is 8.16. The van der Waals surface area contributed by atoms with Gasteiger partial charge < -0.3 is 10.2 Å². The van der Waals surface area contributed by atoms with Crippen LogP contribution in [0, 0.1) is 0 Å². The van der Waals surface area contributed by atoms with Gasteiger partial charge in [-0.3, -0.25) is 13.9 Å². The van der Waals surface area contributed by atoms with Gasteiger partial charge in [0.2, 0.25) is 11.8 Å². The molecule has 0 heterocycles. The summed E-state index contributed by atoms with van der Waals surface area (Å²) >= 11 is 25.8. The van der Waals surface area contributed by atoms with Gasteiger partial charge in [0.05, 0.1) is 10.6 Å². The molecule has 12 heteroatoms. The second-order valence-electron chi connectivity index (χ2n) is 11.4. The topological polar surface area (TPSA) is 86.8 Å². The number of carbonyl (C=O) groups excluding carboxylic acids is 2. The molecule has 1 fully saturated rings. The average Bonchev–Trinajstić information content (AvgIpc) is 3.56. The van der Waals surface area contributed by atoms with Gasteiger partial charge in [-0.2, -0.15) is 0 Å². The molecule has 7 nitrogen and oxygen atoms in total. The predicted octanol–water partition coefficient (Wildman–Crippen LogP) is 8.19. The highest BCUT2D eigenvalue weighted by molar-refractivity contribution is 7.92. The zero-order valence-corrected chi connectivity index (χ0v) is 29.1. The summed E-state index contributed by atoms with van der Waals surface area (Å²) in [6.45, 7) is -0.819. The van der Waals surface area contributed by atoms with Crippen molar-refractivity contribution in [1.82, 2.24) is 10.2 Å². The summed E-state index contributed by atoms with van der Waals surface area (Å²) in [6, 6.07) is 25.3. The number of sulfonamides is 1. The highest BCUT2D eigenvalue weighted by Gasteiger charge is 2.36. The largest absolute Gasteiger partial charge is 0.352 e. The summed E-state index contributed by atoms with van der Waals surface area (Å²) in [7, 11) is -4.31. The molecule has 1 saturated carbocycles. The van der Waals surface area contributed by atoms with E-state index >= 15 is 0 Å². The third-order valence-electron chi connectivity index (χ3n) is 8.11. The number of rotatable bonds is 12. The minimum atomic E-state index is -4.31. The Morgan fingerprint density at radius 3 is 1.96 bits per heavy atom. The first kappa shape index (κ1) is 35.0. The van der Waals surface area contributed by atoms with E-state index in [1.54, 1.807) is 36.4 Å². The monoisotopic (exact) mass is 731 g/mol. The van der Waals surface area contributed by atoms with E-state index in [1.165, 1.54) is 35.2 Å². The van der Waals surface area contributed by atoms with Crippen LogP contribution in [0.4, 0.5) is 5.69 Å². The molecule has 0 aromatic heterocycles. The number of anilines is 1. The van der Waals surface area contributed by atoms with Crippen LogP contribution < -0.4 is 9.62 Å². The van der Waals surface area contributed by atoms with Crippen LogP contribution in [0.5, 0.6) is 0 Å². The molecule has 1 aliphatic rings. The van der Waals surface area contributed by atoms with Gasteiger partial charge >= 0.3 is 0 Å². The van der Waals surface area contributed by atoms with E-state index in [0.29, 0.717) is 15.6 Å². The van der Waals surface area contributed by atoms with Crippen LogP contribution in [0.15, 0.2) is 102 Å². The molecule has 4 aromatic rings. The van der Waals surface area contributed by atoms with E-state index in [9.17, 15) is 18.0 Å². The van der Waals surface area contributed by atoms with E-state index < -0.39 is 28.5 Å². The Hall–Kier alpha value is -3.27. The fraction of sp³-hybridized carbons (Fsp3) is 0.257. The normalized spacial score (nSPS) is 14.0. The maximum Gasteiger partial charge on any atom is 0.264 e. The molecule has 0 radical (unpaired) electrons. The summed E-state index contributed by atoms with van der Waals surface area (Å²) < 4.78 is 29.3. The second-order valence-corrected chi connectivity index (χ2v) is 14.9. The first-order valence-corrected chi connectivity index (χ1v) is 18.1. The number of amides is 2. The summed E-state index contributed by atoms with van der Waals surface area (Å²) in [6.07, 6.45) is 3.85. The SMILES string of the molecule is O=C(NC1CCCC1)C(Cc1ccccc1)N(Cc1c(Cl)cccc1Cl)C(=O)CN(c1cc(Cl)cc(Cl)c1)S(=O)(=O)c1ccccc1. The number of nitrogens with zero attached hydrogens (tertiary/aromatic N) is 2. The molecular weight excluding hydrogens is 700 g/mol. The standard InChI is InChI=1S/C35H33Cl4N3O4S/c36-25-19-26(37)21-28(20-25)42(47(45,46)29-14-5-2-6-15-29)23-34(43)41(22-30-31(38)16-9-17-32(30)39)33(18-24-10-3-1-4-11-24)35(44)40-27-12-7-8-13-27/h1-6,9-11,14-17,19-21,27,33H,7-8,12-13,18,22-23H2,(H,40,44). The lowest BCUT2D eigenvalue weighted by Gasteiger charge is -2.34. The van der Waals surface area contributed by atoms with E-state index in [2.05, 4.69) is 5.32 Å². The van der Waals surface area contributed by atoms with Crippen LogP contribution >= 0.6 is 46.4 Å². The summed E-state index contributed by atoms with van der Waals surface area (Å²) in [5.74, 6) is -1.00. The Morgan fingerprint density at radius 2 is 1.36 bits per heavy atom. The zero-order chi connectivity index (χ0) is 33.6. The van der Waals surface area contributed by atoms with Crippen molar-refractivity contribution in [3.8, 4) is 0 Å². The Bertz CT molecular complexity index is 1780. The minimum Gasteiger partial charge on any atom is -0.352 e. The van der Waals surface area contributed by atoms with Crippen molar-refractivity contribution in [1.29, 1.82) is 0 Å². The lowest BCUT2D eigenvalue weighted by atomic mass is 10.0. The highest BCUT2D eigenvalue weighted by atomic mass is 35.5. The summed E-state index contributed by atoms with van der Waals surface area (Å²) in [5, 5.41) is 4.12. The highest BCUT2D eigenvalue weighted by Crippen LogP contribution is 2.32. The molecule has 1 atom stereocenters. The number of benzene rings is 4. The smallest absolute Gasteiger partial charge is 0.264 e. The molecular formula is C35H33Cl4N3O4S. The first-order chi connectivity index (χ1) is 22.5. The van der Waals surface area contributed by atoms with Gasteiger partial charge in [-0.05, 0) is 60.9 Å². The Labute approximate surface area is 295 Å². The van der Waals surface area contributed by atoms with Gasteiger partial charge in [-0.1, -0.05) is 114 Å². The Morgan fingerprint density at radius 1 is 0.787 bits per heavy atom. The summed E-state index contributed by atoms with van der Waals surface area (Å²) in [4.78, 5) is 30.1. The molecule has 246 valence electrons. The Kier molecular flexibility index (Phi) is 11.7. The van der Waals surface area contributed by atoms with Crippen LogP contribution in [-0.2, 0) is 32.6 Å². The fourth-order valence-electron chi connectivity index (χ4n) is 5.71. The third-order valence-corrected chi connectivity index (χ3v) is 11.0. The van der Waals surface area contributed by atoms with Crippen LogP contribution in [0.3, 0.4) is 0 Å². The van der Waals surface area contributed by atoms with Crippen molar-refractivity contribution >= 4 is 73.9 Å². The van der Waals surface area contributed by atoms with Crippen LogP contribution in [0.1, 0.15) is 36.8 Å². The minimum absolute atomic E-state index is 0.0230. The number of halogens is 4. The van der Waals surface area contributed by atoms with Crippen molar-refractivity contribution in [2.24, 2.45) is 0 Å². The van der Waals surface area contributed by atoms with Crippen molar-refractivity contribution < 1.29 is 18.0 Å². The lowest BCUT2D eigenvalue weighted by Crippen LogP contribution is -2.54. The van der Waals surface area contributed by atoms with Gasteiger partial charge in [0, 0.05) is 44.7 Å². The molecule has 0 saturated heterocycles. The number of carbonyl (C=O) groups is 2. The van der Waals surface area contributed by atoms with Crippen molar-refractivity contribution in [3.63, 3.8) is 0 Å². The van der Waals surface area contributed by atoms with E-state index in [-0.39, 0.29) is 45.5 Å². The molecule has 47 heavy (non-hydrogen) atoms.